The van der Waals surface area contributed by atoms with Gasteiger partial charge in [0.2, 0.25) is 5.91 Å². The molecule has 1 saturated heterocycles. The Bertz CT molecular complexity index is 1160. The fraction of sp³-hybridized carbons (Fsp3) is 0.400. The second kappa shape index (κ2) is 9.51. The van der Waals surface area contributed by atoms with Gasteiger partial charge in [-0.1, -0.05) is 29.8 Å². The number of benzene rings is 2. The van der Waals surface area contributed by atoms with Gasteiger partial charge < -0.3 is 10.0 Å². The van der Waals surface area contributed by atoms with Crippen LogP contribution in [0.4, 0.5) is 5.69 Å². The smallest absolute Gasteiger partial charge is 0.226 e. The first-order valence-electron chi connectivity index (χ1n) is 11.2. The number of hydrogen-bond donors (Lipinski definition) is 1. The van der Waals surface area contributed by atoms with Crippen molar-refractivity contribution in [1.82, 2.24) is 25.1 Å². The van der Waals surface area contributed by atoms with Gasteiger partial charge in [-0.05, 0) is 78.8 Å². The molecule has 0 spiro atoms. The molecule has 1 N–H and O–H groups in total. The Balaban J connectivity index is 1.30. The van der Waals surface area contributed by atoms with Crippen LogP contribution in [0.5, 0.6) is 0 Å². The highest BCUT2D eigenvalue weighted by molar-refractivity contribution is 5.79. The summed E-state index contributed by atoms with van der Waals surface area (Å²) in [6, 6.07) is 11.6. The lowest BCUT2D eigenvalue weighted by molar-refractivity contribution is -0.134. The van der Waals surface area contributed by atoms with Gasteiger partial charge in [0.05, 0.1) is 24.3 Å². The normalized spacial score (nSPS) is 15.3. The number of hydrogen-bond acceptors (Lipinski definition) is 5. The second-order valence-electron chi connectivity index (χ2n) is 8.83. The molecule has 1 aliphatic heterocycles. The van der Waals surface area contributed by atoms with Crippen LogP contribution < -0.4 is 0 Å². The van der Waals surface area contributed by atoms with Crippen molar-refractivity contribution in [3.8, 4) is 5.69 Å². The van der Waals surface area contributed by atoms with Crippen LogP contribution in [0.3, 0.4) is 0 Å². The highest BCUT2D eigenvalue weighted by Crippen LogP contribution is 2.31. The first-order valence-corrected chi connectivity index (χ1v) is 11.2. The number of carbonyl (C=O) groups excluding carboxylic acids is 1. The van der Waals surface area contributed by atoms with Gasteiger partial charge in [-0.3, -0.25) is 4.79 Å². The summed E-state index contributed by atoms with van der Waals surface area (Å²) in [6.07, 6.45) is 4.35. The summed E-state index contributed by atoms with van der Waals surface area (Å²) in [7, 11) is 0. The molecule has 0 unspecified atom stereocenters. The topological polar surface area (TPSA) is 88.5 Å². The predicted molar refractivity (Wildman–Crippen MR) is 124 cm³/mol. The number of likely N-dealkylation sites (tertiary alicyclic amines) is 1. The minimum atomic E-state index is -0.778. The van der Waals surface area contributed by atoms with Crippen molar-refractivity contribution < 1.29 is 9.90 Å². The summed E-state index contributed by atoms with van der Waals surface area (Å²) in [5.41, 5.74) is 4.82. The highest BCUT2D eigenvalue weighted by atomic mass is 16.3. The van der Waals surface area contributed by atoms with E-state index in [1.807, 2.05) is 49.1 Å². The molecule has 1 aliphatic rings. The lowest BCUT2D eigenvalue weighted by Gasteiger charge is -2.38. The fourth-order valence-corrected chi connectivity index (χ4v) is 4.44. The first kappa shape index (κ1) is 22.6. The summed E-state index contributed by atoms with van der Waals surface area (Å²) < 4.78 is 1.57. The molecule has 1 aromatic heterocycles. The standard InChI is InChI=1S/C25H28N6O2/c1-18-4-7-21(19(2)24(18)26-3)10-11-25(33)12-14-30(15-13-25)23(32)16-20-5-8-22(9-6-20)31-17-27-28-29-31/h4-9,17,33H,10-16H2,1-2H3. The highest BCUT2D eigenvalue weighted by Gasteiger charge is 2.33. The number of nitrogens with zero attached hydrogens (tertiary/aromatic N) is 6. The Kier molecular flexibility index (Phi) is 6.52. The zero-order valence-electron chi connectivity index (χ0n) is 19.0. The number of amides is 1. The van der Waals surface area contributed by atoms with Crippen molar-refractivity contribution in [3.63, 3.8) is 0 Å². The van der Waals surface area contributed by atoms with E-state index in [4.69, 9.17) is 6.57 Å². The van der Waals surface area contributed by atoms with Crippen LogP contribution in [0.2, 0.25) is 0 Å². The molecule has 0 bridgehead atoms. The Morgan fingerprint density at radius 3 is 2.52 bits per heavy atom. The quantitative estimate of drug-likeness (QED) is 0.589. The summed E-state index contributed by atoms with van der Waals surface area (Å²) in [4.78, 5) is 18.3. The van der Waals surface area contributed by atoms with Gasteiger partial charge in [0, 0.05) is 13.1 Å². The van der Waals surface area contributed by atoms with Crippen LogP contribution in [0.15, 0.2) is 42.7 Å². The van der Waals surface area contributed by atoms with E-state index in [1.54, 1.807) is 4.68 Å². The van der Waals surface area contributed by atoms with Crippen LogP contribution in [0.25, 0.3) is 10.5 Å². The molecule has 33 heavy (non-hydrogen) atoms. The minimum absolute atomic E-state index is 0.0725. The van der Waals surface area contributed by atoms with Crippen molar-refractivity contribution in [1.29, 1.82) is 0 Å². The van der Waals surface area contributed by atoms with E-state index in [0.29, 0.717) is 44.5 Å². The third-order valence-electron chi connectivity index (χ3n) is 6.67. The third-order valence-corrected chi connectivity index (χ3v) is 6.67. The molecule has 0 saturated carbocycles. The van der Waals surface area contributed by atoms with Gasteiger partial charge in [0.25, 0.3) is 0 Å². The Hall–Kier alpha value is -3.57. The molecule has 2 heterocycles. The maximum Gasteiger partial charge on any atom is 0.226 e. The van der Waals surface area contributed by atoms with Gasteiger partial charge >= 0.3 is 0 Å². The molecule has 1 fully saturated rings. The van der Waals surface area contributed by atoms with E-state index >= 15 is 0 Å². The van der Waals surface area contributed by atoms with E-state index < -0.39 is 5.60 Å². The van der Waals surface area contributed by atoms with Crippen molar-refractivity contribution >= 4 is 11.6 Å². The first-order chi connectivity index (χ1) is 15.9. The molecule has 3 aromatic rings. The summed E-state index contributed by atoms with van der Waals surface area (Å²) in [6.45, 7) is 12.4. The van der Waals surface area contributed by atoms with E-state index in [9.17, 15) is 9.90 Å². The van der Waals surface area contributed by atoms with E-state index in [1.165, 1.54) is 6.33 Å². The fourth-order valence-electron chi connectivity index (χ4n) is 4.44. The molecule has 8 nitrogen and oxygen atoms in total. The van der Waals surface area contributed by atoms with Crippen molar-refractivity contribution in [2.24, 2.45) is 0 Å². The zero-order chi connectivity index (χ0) is 23.4. The molecule has 170 valence electrons. The molecular weight excluding hydrogens is 416 g/mol. The molecular formula is C25H28N6O2. The van der Waals surface area contributed by atoms with E-state index in [-0.39, 0.29) is 5.91 Å². The monoisotopic (exact) mass is 444 g/mol. The average molecular weight is 445 g/mol. The summed E-state index contributed by atoms with van der Waals surface area (Å²) in [5, 5.41) is 22.2. The van der Waals surface area contributed by atoms with Gasteiger partial charge in [-0.15, -0.1) is 5.10 Å². The SMILES string of the molecule is [C-]#[N+]c1c(C)ccc(CCC2(O)CCN(C(=O)Cc3ccc(-n4cnnn4)cc3)CC2)c1C. The number of carbonyl (C=O) groups is 1. The second-order valence-corrected chi connectivity index (χ2v) is 8.83. The van der Waals surface area contributed by atoms with Gasteiger partial charge in [-0.25, -0.2) is 9.53 Å². The zero-order valence-corrected chi connectivity index (χ0v) is 19.0. The van der Waals surface area contributed by atoms with Crippen LogP contribution in [-0.4, -0.2) is 54.8 Å². The van der Waals surface area contributed by atoms with Gasteiger partial charge in [-0.2, -0.15) is 0 Å². The van der Waals surface area contributed by atoms with E-state index in [2.05, 4.69) is 26.4 Å². The lowest BCUT2D eigenvalue weighted by atomic mass is 9.84. The molecule has 4 rings (SSSR count). The number of aromatic nitrogens is 4. The largest absolute Gasteiger partial charge is 0.390 e. The molecule has 1 amide bonds. The summed E-state index contributed by atoms with van der Waals surface area (Å²) in [5.74, 6) is 0.0725. The van der Waals surface area contributed by atoms with Crippen LogP contribution in [-0.2, 0) is 17.6 Å². The number of piperidine rings is 1. The number of aryl methyl sites for hydroxylation is 2. The molecule has 0 atom stereocenters. The number of aliphatic hydroxyl groups is 1. The van der Waals surface area contributed by atoms with E-state index in [0.717, 1.165) is 34.4 Å². The predicted octanol–water partition coefficient (Wildman–Crippen LogP) is 3.36. The molecule has 0 aliphatic carbocycles. The maximum absolute atomic E-state index is 12.8. The lowest BCUT2D eigenvalue weighted by Crippen LogP contribution is -2.47. The summed E-state index contributed by atoms with van der Waals surface area (Å²) >= 11 is 0. The molecule has 0 radical (unpaired) electrons. The number of tetrazole rings is 1. The van der Waals surface area contributed by atoms with Crippen molar-refractivity contribution in [2.45, 2.75) is 51.6 Å². The van der Waals surface area contributed by atoms with Gasteiger partial charge in [0.15, 0.2) is 5.69 Å². The Labute approximate surface area is 193 Å². The molecule has 2 aromatic carbocycles. The Morgan fingerprint density at radius 1 is 1.15 bits per heavy atom. The molecule has 8 heteroatoms. The van der Waals surface area contributed by atoms with Gasteiger partial charge in [0.1, 0.15) is 6.33 Å². The third kappa shape index (κ3) is 5.10. The maximum atomic E-state index is 12.8. The van der Waals surface area contributed by atoms with Crippen molar-refractivity contribution in [3.05, 3.63) is 76.4 Å². The minimum Gasteiger partial charge on any atom is -0.390 e. The van der Waals surface area contributed by atoms with Crippen LogP contribution in [0, 0.1) is 20.4 Å². The number of rotatable bonds is 6. The van der Waals surface area contributed by atoms with Crippen LogP contribution in [0.1, 0.15) is 41.5 Å². The van der Waals surface area contributed by atoms with Crippen molar-refractivity contribution in [2.75, 3.05) is 13.1 Å². The Morgan fingerprint density at radius 2 is 1.88 bits per heavy atom. The van der Waals surface area contributed by atoms with Crippen LogP contribution >= 0.6 is 0 Å². The average Bonchev–Trinajstić information content (AvgIpc) is 3.35.